The quantitative estimate of drug-likeness (QED) is 0.902. The van der Waals surface area contributed by atoms with Crippen LogP contribution in [0.3, 0.4) is 0 Å². The summed E-state index contributed by atoms with van der Waals surface area (Å²) < 4.78 is 7.30. The van der Waals surface area contributed by atoms with Gasteiger partial charge in [-0.1, -0.05) is 11.6 Å². The molecule has 1 aromatic rings. The van der Waals surface area contributed by atoms with Crippen molar-refractivity contribution in [3.05, 3.63) is 16.4 Å². The molecule has 0 bridgehead atoms. The highest BCUT2D eigenvalue weighted by Gasteiger charge is 2.41. The molecule has 4 nitrogen and oxygen atoms in total. The van der Waals surface area contributed by atoms with Gasteiger partial charge in [0.2, 0.25) is 0 Å². The van der Waals surface area contributed by atoms with Gasteiger partial charge in [0, 0.05) is 26.0 Å². The monoisotopic (exact) mass is 258 g/mol. The molecule has 0 aromatic carbocycles. The van der Waals surface area contributed by atoms with Crippen LogP contribution >= 0.6 is 11.6 Å². The lowest BCUT2D eigenvalue weighted by atomic mass is 9.91. The molecular formula is C12H19ClN2O2. The number of nitrogens with zero attached hydrogens (tertiary/aromatic N) is 2. The molecule has 0 amide bonds. The third-order valence-corrected chi connectivity index (χ3v) is 4.08. The van der Waals surface area contributed by atoms with Gasteiger partial charge >= 0.3 is 0 Å². The maximum Gasteiger partial charge on any atom is 0.0982 e. The van der Waals surface area contributed by atoms with E-state index in [1.54, 1.807) is 0 Å². The van der Waals surface area contributed by atoms with Crippen LogP contribution in [-0.4, -0.2) is 33.2 Å². The van der Waals surface area contributed by atoms with Gasteiger partial charge in [-0.05, 0) is 20.8 Å². The Morgan fingerprint density at radius 1 is 1.65 bits per heavy atom. The maximum absolute atomic E-state index is 10.5. The number of halogens is 1. The Hall–Kier alpha value is -0.580. The largest absolute Gasteiger partial charge is 0.387 e. The molecule has 2 unspecified atom stereocenters. The zero-order valence-corrected chi connectivity index (χ0v) is 11.3. The van der Waals surface area contributed by atoms with Crippen LogP contribution < -0.4 is 0 Å². The van der Waals surface area contributed by atoms with Gasteiger partial charge in [0.25, 0.3) is 0 Å². The SMILES string of the molecule is CCn1nc(C)c(Cl)c1CC1(O)CCOC1C. The van der Waals surface area contributed by atoms with E-state index >= 15 is 0 Å². The number of aryl methyl sites for hydroxylation is 2. The fourth-order valence-electron chi connectivity index (χ4n) is 2.33. The van der Waals surface area contributed by atoms with Crippen molar-refractivity contribution in [2.24, 2.45) is 0 Å². The van der Waals surface area contributed by atoms with Crippen molar-refractivity contribution in [3.8, 4) is 0 Å². The van der Waals surface area contributed by atoms with Crippen molar-refractivity contribution < 1.29 is 9.84 Å². The first-order chi connectivity index (χ1) is 7.98. The van der Waals surface area contributed by atoms with Gasteiger partial charge in [-0.15, -0.1) is 0 Å². The van der Waals surface area contributed by atoms with E-state index in [1.165, 1.54) is 0 Å². The topological polar surface area (TPSA) is 47.3 Å². The van der Waals surface area contributed by atoms with Gasteiger partial charge < -0.3 is 9.84 Å². The van der Waals surface area contributed by atoms with Crippen LogP contribution in [0.1, 0.15) is 31.7 Å². The number of ether oxygens (including phenoxy) is 1. The minimum atomic E-state index is -0.816. The molecule has 2 atom stereocenters. The molecule has 0 spiro atoms. The van der Waals surface area contributed by atoms with Crippen molar-refractivity contribution >= 4 is 11.6 Å². The van der Waals surface area contributed by atoms with E-state index in [-0.39, 0.29) is 6.10 Å². The number of aliphatic hydroxyl groups is 1. The van der Waals surface area contributed by atoms with Crippen LogP contribution in [0.2, 0.25) is 5.02 Å². The minimum Gasteiger partial charge on any atom is -0.387 e. The summed E-state index contributed by atoms with van der Waals surface area (Å²) in [7, 11) is 0. The predicted octanol–water partition coefficient (Wildman–Crippen LogP) is 1.95. The molecule has 1 fully saturated rings. The summed E-state index contributed by atoms with van der Waals surface area (Å²) in [4.78, 5) is 0. The fourth-order valence-corrected chi connectivity index (χ4v) is 2.53. The standard InChI is InChI=1S/C12H19ClN2O2/c1-4-15-10(11(13)8(2)14-15)7-12(16)5-6-17-9(12)3/h9,16H,4-7H2,1-3H3. The second-order valence-electron chi connectivity index (χ2n) is 4.71. The van der Waals surface area contributed by atoms with Crippen LogP contribution in [0.5, 0.6) is 0 Å². The number of rotatable bonds is 3. The Balaban J connectivity index is 2.29. The number of aromatic nitrogens is 2. The molecule has 1 aliphatic heterocycles. The molecule has 17 heavy (non-hydrogen) atoms. The molecule has 1 aliphatic rings. The maximum atomic E-state index is 10.5. The third-order valence-electron chi connectivity index (χ3n) is 3.59. The Labute approximate surface area is 107 Å². The van der Waals surface area contributed by atoms with Gasteiger partial charge in [-0.3, -0.25) is 4.68 Å². The Morgan fingerprint density at radius 2 is 2.35 bits per heavy atom. The molecule has 2 rings (SSSR count). The zero-order chi connectivity index (χ0) is 12.6. The Bertz CT molecular complexity index is 419. The first-order valence-electron chi connectivity index (χ1n) is 6.03. The van der Waals surface area contributed by atoms with Crippen LogP contribution in [0.15, 0.2) is 0 Å². The average Bonchev–Trinajstić information content (AvgIpc) is 2.75. The van der Waals surface area contributed by atoms with Crippen molar-refractivity contribution in [1.29, 1.82) is 0 Å². The van der Waals surface area contributed by atoms with Gasteiger partial charge in [-0.2, -0.15) is 5.10 Å². The van der Waals surface area contributed by atoms with E-state index in [1.807, 2.05) is 25.5 Å². The third kappa shape index (κ3) is 2.21. The highest BCUT2D eigenvalue weighted by Crippen LogP contribution is 2.32. The van der Waals surface area contributed by atoms with Crippen LogP contribution in [0.4, 0.5) is 0 Å². The van der Waals surface area contributed by atoms with Crippen LogP contribution in [0.25, 0.3) is 0 Å². The smallest absolute Gasteiger partial charge is 0.0982 e. The molecule has 0 aliphatic carbocycles. The van der Waals surface area contributed by atoms with Gasteiger partial charge in [-0.25, -0.2) is 0 Å². The molecule has 96 valence electrons. The van der Waals surface area contributed by atoms with E-state index in [2.05, 4.69) is 5.10 Å². The molecule has 1 aromatic heterocycles. The summed E-state index contributed by atoms with van der Waals surface area (Å²) in [6.45, 7) is 7.17. The Kier molecular flexibility index (Phi) is 3.48. The van der Waals surface area contributed by atoms with E-state index in [0.29, 0.717) is 24.5 Å². The highest BCUT2D eigenvalue weighted by atomic mass is 35.5. The number of hydrogen-bond donors (Lipinski definition) is 1. The number of hydrogen-bond acceptors (Lipinski definition) is 3. The second-order valence-corrected chi connectivity index (χ2v) is 5.08. The lowest BCUT2D eigenvalue weighted by molar-refractivity contribution is -0.0280. The van der Waals surface area contributed by atoms with Crippen molar-refractivity contribution in [3.63, 3.8) is 0 Å². The summed E-state index contributed by atoms with van der Waals surface area (Å²) in [5.74, 6) is 0. The van der Waals surface area contributed by atoms with E-state index in [4.69, 9.17) is 16.3 Å². The van der Waals surface area contributed by atoms with Gasteiger partial charge in [0.15, 0.2) is 0 Å². The van der Waals surface area contributed by atoms with Crippen molar-refractivity contribution in [1.82, 2.24) is 9.78 Å². The summed E-state index contributed by atoms with van der Waals surface area (Å²) in [5, 5.41) is 15.6. The summed E-state index contributed by atoms with van der Waals surface area (Å²) >= 11 is 6.25. The Morgan fingerprint density at radius 3 is 2.88 bits per heavy atom. The average molecular weight is 259 g/mol. The first-order valence-corrected chi connectivity index (χ1v) is 6.41. The lowest BCUT2D eigenvalue weighted by Crippen LogP contribution is -2.39. The van der Waals surface area contributed by atoms with Crippen molar-refractivity contribution in [2.75, 3.05) is 6.61 Å². The molecule has 1 N–H and O–H groups in total. The van der Waals surface area contributed by atoms with Crippen LogP contribution in [0, 0.1) is 6.92 Å². The van der Waals surface area contributed by atoms with E-state index in [0.717, 1.165) is 17.9 Å². The molecule has 0 saturated carbocycles. The zero-order valence-electron chi connectivity index (χ0n) is 10.5. The lowest BCUT2D eigenvalue weighted by Gasteiger charge is -2.26. The molecule has 1 saturated heterocycles. The van der Waals surface area contributed by atoms with Crippen LogP contribution in [-0.2, 0) is 17.7 Å². The molecular weight excluding hydrogens is 240 g/mol. The van der Waals surface area contributed by atoms with Gasteiger partial charge in [0.05, 0.1) is 28.1 Å². The molecule has 5 heteroatoms. The van der Waals surface area contributed by atoms with Gasteiger partial charge in [0.1, 0.15) is 0 Å². The second kappa shape index (κ2) is 4.59. The summed E-state index contributed by atoms with van der Waals surface area (Å²) in [6, 6.07) is 0. The summed E-state index contributed by atoms with van der Waals surface area (Å²) in [6.07, 6.45) is 0.999. The summed E-state index contributed by atoms with van der Waals surface area (Å²) in [5.41, 5.74) is 0.911. The van der Waals surface area contributed by atoms with E-state index in [9.17, 15) is 5.11 Å². The first kappa shape index (κ1) is 12.9. The molecule has 2 heterocycles. The molecule has 0 radical (unpaired) electrons. The normalized spacial score (nSPS) is 28.9. The predicted molar refractivity (Wildman–Crippen MR) is 66.3 cm³/mol. The van der Waals surface area contributed by atoms with Crippen molar-refractivity contribution in [2.45, 2.75) is 51.9 Å². The van der Waals surface area contributed by atoms with E-state index < -0.39 is 5.60 Å². The minimum absolute atomic E-state index is 0.154. The fraction of sp³-hybridized carbons (Fsp3) is 0.750. The highest BCUT2D eigenvalue weighted by molar-refractivity contribution is 6.31.